The van der Waals surface area contributed by atoms with E-state index in [9.17, 15) is 22.8 Å². The summed E-state index contributed by atoms with van der Waals surface area (Å²) in [5.41, 5.74) is 1.87. The van der Waals surface area contributed by atoms with E-state index in [0.29, 0.717) is 48.4 Å². The maximum atomic E-state index is 14.9. The monoisotopic (exact) mass is 830 g/mol. The molecule has 3 N–H and O–H groups in total. The fourth-order valence-electron chi connectivity index (χ4n) is 7.84. The first-order valence-corrected chi connectivity index (χ1v) is 22.5. The van der Waals surface area contributed by atoms with Gasteiger partial charge in [0.25, 0.3) is 5.91 Å². The van der Waals surface area contributed by atoms with E-state index in [2.05, 4.69) is 29.2 Å². The van der Waals surface area contributed by atoms with Crippen LogP contribution in [0.25, 0.3) is 21.6 Å². The average Bonchev–Trinajstić information content (AvgIpc) is 4.06. The van der Waals surface area contributed by atoms with Crippen molar-refractivity contribution in [3.63, 3.8) is 0 Å². The molecule has 58 heavy (non-hydrogen) atoms. The number of thiazole rings is 1. The Bertz CT molecular complexity index is 2320. The number of fused-ring (bicyclic) bond motifs is 1. The summed E-state index contributed by atoms with van der Waals surface area (Å²) in [5, 5.41) is 9.28. The molecule has 310 valence electrons. The van der Waals surface area contributed by atoms with E-state index in [1.165, 1.54) is 11.3 Å². The SMILES string of the molecule is CC[C@@H]1C[C@]1(NC(=O)[C@@H]1C[C@H](Oc2cc(-c3nc(C(C)C)cs3)nc3c(C)c(OC)ccc23)CN1C(=O)[C@@H](Nc1ccccc1)C(C)(C)C)C(=O)NS(=O)(=O)C1CC1. The number of likely N-dealkylation sites (tertiary alicyclic amines) is 1. The molecule has 1 aliphatic heterocycles. The molecule has 0 spiro atoms. The molecule has 7 rings (SSSR count). The van der Waals surface area contributed by atoms with Crippen LogP contribution in [-0.2, 0) is 24.4 Å². The van der Waals surface area contributed by atoms with Crippen molar-refractivity contribution in [2.45, 2.75) is 115 Å². The Morgan fingerprint density at radius 1 is 1.05 bits per heavy atom. The van der Waals surface area contributed by atoms with Gasteiger partial charge in [0.2, 0.25) is 21.8 Å². The van der Waals surface area contributed by atoms with Crippen molar-refractivity contribution >= 4 is 55.7 Å². The first-order chi connectivity index (χ1) is 27.4. The molecule has 3 heterocycles. The van der Waals surface area contributed by atoms with Gasteiger partial charge < -0.3 is 25.0 Å². The van der Waals surface area contributed by atoms with Crippen LogP contribution in [-0.4, -0.2) is 83.6 Å². The smallest absolute Gasteiger partial charge is 0.259 e. The fraction of sp³-hybridized carbons (Fsp3) is 0.512. The third kappa shape index (κ3) is 8.25. The number of carbonyl (C=O) groups is 3. The summed E-state index contributed by atoms with van der Waals surface area (Å²) in [6, 6.07) is 13.3. The first kappa shape index (κ1) is 41.4. The minimum atomic E-state index is -3.85. The fourth-order valence-corrected chi connectivity index (χ4v) is 10.1. The number of sulfonamides is 1. The number of carbonyl (C=O) groups excluding carboxylic acids is 3. The highest BCUT2D eigenvalue weighted by atomic mass is 32.2. The highest BCUT2D eigenvalue weighted by Crippen LogP contribution is 2.47. The van der Waals surface area contributed by atoms with Crippen LogP contribution in [0.3, 0.4) is 0 Å². The van der Waals surface area contributed by atoms with Crippen LogP contribution < -0.4 is 24.8 Å². The van der Waals surface area contributed by atoms with Gasteiger partial charge >= 0.3 is 0 Å². The maximum absolute atomic E-state index is 14.9. The number of hydrogen-bond donors (Lipinski definition) is 3. The van der Waals surface area contributed by atoms with Crippen molar-refractivity contribution in [2.24, 2.45) is 11.3 Å². The quantitative estimate of drug-likeness (QED) is 0.127. The van der Waals surface area contributed by atoms with E-state index < -0.39 is 56.2 Å². The summed E-state index contributed by atoms with van der Waals surface area (Å²) in [4.78, 5) is 54.6. The molecule has 3 fully saturated rings. The minimum Gasteiger partial charge on any atom is -0.496 e. The third-order valence-electron chi connectivity index (χ3n) is 11.6. The highest BCUT2D eigenvalue weighted by Gasteiger charge is 2.62. The number of aromatic nitrogens is 2. The summed E-state index contributed by atoms with van der Waals surface area (Å²) < 4.78 is 40.5. The molecule has 13 nitrogen and oxygen atoms in total. The zero-order valence-electron chi connectivity index (χ0n) is 34.4. The first-order valence-electron chi connectivity index (χ1n) is 20.1. The van der Waals surface area contributed by atoms with Gasteiger partial charge in [-0.3, -0.25) is 19.1 Å². The molecule has 2 aromatic heterocycles. The number of nitrogens with zero attached hydrogens (tertiary/aromatic N) is 3. The highest BCUT2D eigenvalue weighted by molar-refractivity contribution is 7.91. The average molecular weight is 831 g/mol. The molecular weight excluding hydrogens is 777 g/mol. The number of benzene rings is 2. The van der Waals surface area contributed by atoms with Crippen molar-refractivity contribution < 1.29 is 32.3 Å². The maximum Gasteiger partial charge on any atom is 0.259 e. The topological polar surface area (TPSA) is 169 Å². The largest absolute Gasteiger partial charge is 0.496 e. The molecule has 0 bridgehead atoms. The Kier molecular flexibility index (Phi) is 11.3. The zero-order chi connectivity index (χ0) is 41.7. The number of anilines is 1. The number of pyridine rings is 1. The summed E-state index contributed by atoms with van der Waals surface area (Å²) in [6.45, 7) is 14.0. The lowest BCUT2D eigenvalue weighted by atomic mass is 9.85. The Labute approximate surface area is 344 Å². The minimum absolute atomic E-state index is 0.0788. The van der Waals surface area contributed by atoms with Gasteiger partial charge in [-0.05, 0) is 67.7 Å². The molecule has 2 aliphatic carbocycles. The van der Waals surface area contributed by atoms with Gasteiger partial charge in [-0.2, -0.15) is 0 Å². The molecule has 3 amide bonds. The van der Waals surface area contributed by atoms with Gasteiger partial charge in [-0.25, -0.2) is 18.4 Å². The van der Waals surface area contributed by atoms with Crippen molar-refractivity contribution in [1.82, 2.24) is 24.9 Å². The van der Waals surface area contributed by atoms with Gasteiger partial charge in [-0.1, -0.05) is 66.2 Å². The zero-order valence-corrected chi connectivity index (χ0v) is 36.1. The molecule has 15 heteroatoms. The summed E-state index contributed by atoms with van der Waals surface area (Å²) in [5.74, 6) is -0.392. The van der Waals surface area contributed by atoms with Gasteiger partial charge in [-0.15, -0.1) is 11.3 Å². The summed E-state index contributed by atoms with van der Waals surface area (Å²) in [6.07, 6.45) is 1.33. The van der Waals surface area contributed by atoms with Crippen LogP contribution in [0.5, 0.6) is 11.5 Å². The van der Waals surface area contributed by atoms with Crippen LogP contribution in [0.15, 0.2) is 53.9 Å². The van der Waals surface area contributed by atoms with Crippen molar-refractivity contribution in [2.75, 3.05) is 19.0 Å². The van der Waals surface area contributed by atoms with Gasteiger partial charge in [0.15, 0.2) is 0 Å². The third-order valence-corrected chi connectivity index (χ3v) is 14.3. The molecular formula is C43H54N6O7S2. The number of nitrogens with one attached hydrogen (secondary N) is 3. The van der Waals surface area contributed by atoms with E-state index in [-0.39, 0.29) is 30.7 Å². The number of aryl methyl sites for hydroxylation is 1. The lowest BCUT2D eigenvalue weighted by molar-refractivity contribution is -0.141. The number of rotatable bonds is 14. The van der Waals surface area contributed by atoms with Crippen LogP contribution >= 0.6 is 11.3 Å². The van der Waals surface area contributed by atoms with Gasteiger partial charge in [0.05, 0.1) is 30.1 Å². The van der Waals surface area contributed by atoms with Crippen LogP contribution in [0.2, 0.25) is 0 Å². The molecule has 2 aromatic carbocycles. The number of hydrogen-bond acceptors (Lipinski definition) is 11. The molecule has 1 saturated heterocycles. The van der Waals surface area contributed by atoms with E-state index in [0.717, 1.165) is 27.3 Å². The molecule has 5 atom stereocenters. The standard InChI is InChI=1S/C43H54N6O7S2/c1-9-26-21-43(26,41(52)48-58(53,54)29-15-16-29)47-38(50)33-19-28(22-49(33)40(51)37(42(5,6)7)44-27-13-11-10-12-14-27)56-35-20-31(39-46-32(23-57-39)24(2)3)45-36-25(4)34(55-8)18-17-30(35)36/h10-14,17-18,20,23-24,26,28-29,33,37,44H,9,15-16,19,21-22H2,1-8H3,(H,47,50)(H,48,52)/t26-,28+,33+,37-,43-/m1/s1. The Morgan fingerprint density at radius 3 is 2.38 bits per heavy atom. The van der Waals surface area contributed by atoms with Crippen LogP contribution in [0.4, 0.5) is 5.69 Å². The van der Waals surface area contributed by atoms with E-state index in [1.807, 2.05) is 88.5 Å². The van der Waals surface area contributed by atoms with Crippen molar-refractivity contribution in [3.8, 4) is 22.2 Å². The number of amides is 3. The van der Waals surface area contributed by atoms with E-state index >= 15 is 0 Å². The summed E-state index contributed by atoms with van der Waals surface area (Å²) in [7, 11) is -2.24. The Morgan fingerprint density at radius 2 is 1.78 bits per heavy atom. The molecule has 0 radical (unpaired) electrons. The number of ether oxygens (including phenoxy) is 2. The predicted octanol–water partition coefficient (Wildman–Crippen LogP) is 6.57. The second-order valence-corrected chi connectivity index (χ2v) is 20.1. The van der Waals surface area contributed by atoms with Gasteiger partial charge in [0, 0.05) is 34.5 Å². The van der Waals surface area contributed by atoms with Crippen molar-refractivity contribution in [1.29, 1.82) is 0 Å². The van der Waals surface area contributed by atoms with Crippen LogP contribution in [0.1, 0.15) is 90.8 Å². The molecule has 4 aromatic rings. The molecule has 0 unspecified atom stereocenters. The lowest BCUT2D eigenvalue weighted by Crippen LogP contribution is -2.58. The van der Waals surface area contributed by atoms with Crippen LogP contribution in [0, 0.1) is 18.3 Å². The predicted molar refractivity (Wildman–Crippen MR) is 225 cm³/mol. The Balaban J connectivity index is 1.24. The van der Waals surface area contributed by atoms with E-state index in [1.54, 1.807) is 12.0 Å². The van der Waals surface area contributed by atoms with E-state index in [4.69, 9.17) is 19.4 Å². The Hall–Kier alpha value is -4.76. The van der Waals surface area contributed by atoms with Crippen molar-refractivity contribution in [3.05, 3.63) is 65.2 Å². The number of methoxy groups -OCH3 is 1. The van der Waals surface area contributed by atoms with Gasteiger partial charge in [0.1, 0.15) is 45.9 Å². The second kappa shape index (κ2) is 15.8. The molecule has 2 saturated carbocycles. The summed E-state index contributed by atoms with van der Waals surface area (Å²) >= 11 is 1.50. The second-order valence-electron chi connectivity index (χ2n) is 17.3. The lowest BCUT2D eigenvalue weighted by Gasteiger charge is -2.36. The molecule has 3 aliphatic rings. The normalized spacial score (nSPS) is 22.4. The number of para-hydroxylation sites is 1.